The van der Waals surface area contributed by atoms with E-state index in [1.54, 1.807) is 22.7 Å². The molecule has 0 spiro atoms. The van der Waals surface area contributed by atoms with Crippen molar-refractivity contribution in [2.24, 2.45) is 0 Å². The second-order valence-electron chi connectivity index (χ2n) is 22.1. The van der Waals surface area contributed by atoms with Gasteiger partial charge in [-0.05, 0) is 74.9 Å². The van der Waals surface area contributed by atoms with Crippen LogP contribution in [0.15, 0.2) is 36.4 Å². The SMILES string of the molecule is CCCCCCCCOc1cc(-c2nc3cc4sc(-c5cc(OCCCCCCCC)c(OCCCCCCCC)c(OCCCCCCCC)c5)nc4cc3s2)cc(OCCCCCCCC)c1OCCCCCCCC. The lowest BCUT2D eigenvalue weighted by Gasteiger charge is -2.18. The Morgan fingerprint density at radius 3 is 0.731 bits per heavy atom. The van der Waals surface area contributed by atoms with E-state index in [1.165, 1.54) is 193 Å². The van der Waals surface area contributed by atoms with Crippen LogP contribution in [-0.4, -0.2) is 49.6 Å². The molecule has 0 aliphatic carbocycles. The largest absolute Gasteiger partial charge is 0.490 e. The molecule has 0 N–H and O–H groups in total. The fraction of sp³-hybridized carbons (Fsp3) is 0.706. The predicted molar refractivity (Wildman–Crippen MR) is 337 cm³/mol. The number of nitrogens with zero attached hydrogens (tertiary/aromatic N) is 2. The zero-order valence-electron chi connectivity index (χ0n) is 50.3. The van der Waals surface area contributed by atoms with E-state index in [4.69, 9.17) is 38.4 Å². The minimum atomic E-state index is 0.650. The summed E-state index contributed by atoms with van der Waals surface area (Å²) in [4.78, 5) is 10.7. The molecular formula is C68H108N2O6S2. The maximum Gasteiger partial charge on any atom is 0.203 e. The Morgan fingerprint density at radius 1 is 0.269 bits per heavy atom. The normalized spacial score (nSPS) is 11.6. The number of aromatic nitrogens is 2. The summed E-state index contributed by atoms with van der Waals surface area (Å²) in [6, 6.07) is 13.1. The zero-order chi connectivity index (χ0) is 55.1. The second kappa shape index (κ2) is 41.3. The van der Waals surface area contributed by atoms with Gasteiger partial charge in [-0.2, -0.15) is 0 Å². The maximum absolute atomic E-state index is 6.70. The quantitative estimate of drug-likeness (QED) is 0.0356. The fourth-order valence-electron chi connectivity index (χ4n) is 10.1. The molecule has 0 unspecified atom stereocenters. The van der Waals surface area contributed by atoms with Crippen LogP contribution in [0.5, 0.6) is 34.5 Å². The first-order chi connectivity index (χ1) is 38.5. The Balaban J connectivity index is 1.45. The van der Waals surface area contributed by atoms with Gasteiger partial charge in [0.15, 0.2) is 23.0 Å². The molecule has 10 heteroatoms. The molecule has 2 heterocycles. The van der Waals surface area contributed by atoms with Crippen molar-refractivity contribution in [3.8, 4) is 55.6 Å². The van der Waals surface area contributed by atoms with Gasteiger partial charge in [0, 0.05) is 11.1 Å². The van der Waals surface area contributed by atoms with Crippen LogP contribution in [0, 0.1) is 0 Å². The third kappa shape index (κ3) is 24.5. The Bertz CT molecular complexity index is 2020. The van der Waals surface area contributed by atoms with Crippen molar-refractivity contribution in [2.45, 2.75) is 273 Å². The highest BCUT2D eigenvalue weighted by atomic mass is 32.1. The van der Waals surface area contributed by atoms with E-state index >= 15 is 0 Å². The average molecular weight is 1110 g/mol. The van der Waals surface area contributed by atoms with Crippen LogP contribution in [0.2, 0.25) is 0 Å². The molecule has 8 nitrogen and oxygen atoms in total. The molecule has 0 aliphatic heterocycles. The number of unbranched alkanes of at least 4 members (excludes halogenated alkanes) is 30. The predicted octanol–water partition coefficient (Wildman–Crippen LogP) is 22.7. The Labute approximate surface area is 483 Å². The topological polar surface area (TPSA) is 81.2 Å². The molecule has 3 aromatic carbocycles. The van der Waals surface area contributed by atoms with Crippen molar-refractivity contribution in [3.63, 3.8) is 0 Å². The van der Waals surface area contributed by atoms with E-state index in [1.807, 2.05) is 0 Å². The molecule has 0 bridgehead atoms. The van der Waals surface area contributed by atoms with Gasteiger partial charge in [-0.1, -0.05) is 234 Å². The molecule has 5 aromatic rings. The van der Waals surface area contributed by atoms with Crippen molar-refractivity contribution in [2.75, 3.05) is 39.6 Å². The smallest absolute Gasteiger partial charge is 0.203 e. The number of rotatable bonds is 50. The van der Waals surface area contributed by atoms with Crippen LogP contribution in [-0.2, 0) is 0 Å². The van der Waals surface area contributed by atoms with Gasteiger partial charge in [-0.15, -0.1) is 22.7 Å². The molecule has 0 fully saturated rings. The van der Waals surface area contributed by atoms with Crippen molar-refractivity contribution in [1.29, 1.82) is 0 Å². The van der Waals surface area contributed by atoms with Gasteiger partial charge in [0.1, 0.15) is 10.0 Å². The van der Waals surface area contributed by atoms with Crippen molar-refractivity contribution < 1.29 is 28.4 Å². The van der Waals surface area contributed by atoms with Crippen molar-refractivity contribution in [3.05, 3.63) is 36.4 Å². The summed E-state index contributed by atoms with van der Waals surface area (Å²) in [5.74, 6) is 4.54. The highest BCUT2D eigenvalue weighted by Crippen LogP contribution is 2.47. The van der Waals surface area contributed by atoms with Crippen molar-refractivity contribution >= 4 is 43.1 Å². The Kier molecular flexibility index (Phi) is 34.4. The molecule has 78 heavy (non-hydrogen) atoms. The van der Waals surface area contributed by atoms with E-state index in [0.29, 0.717) is 39.6 Å². The highest BCUT2D eigenvalue weighted by Gasteiger charge is 2.22. The standard InChI is InChI=1S/C68H108N2O6S2/c1-7-13-19-25-31-37-43-71-59-49-55(50-60(72-44-38-32-26-20-14-8-2)65(59)75-47-41-35-29-23-17-11-5)67-69-57-53-64-58(54-63(57)77-67)70-68(78-64)56-51-61(73-45-39-33-27-21-15-9-3)66(76-48-42-36-30-24-18-12-6)62(52-56)74-46-40-34-28-22-16-10-4/h49-54H,7-48H2,1-6H3. The molecular weight excluding hydrogens is 1000 g/mol. The van der Waals surface area contributed by atoms with Crippen LogP contribution in [0.4, 0.5) is 0 Å². The molecule has 2 aromatic heterocycles. The number of benzene rings is 3. The first kappa shape index (κ1) is 65.1. The fourth-order valence-corrected chi connectivity index (χ4v) is 12.0. The van der Waals surface area contributed by atoms with Crippen molar-refractivity contribution in [1.82, 2.24) is 9.97 Å². The van der Waals surface area contributed by atoms with Crippen LogP contribution < -0.4 is 28.4 Å². The third-order valence-corrected chi connectivity index (χ3v) is 17.1. The van der Waals surface area contributed by atoms with Gasteiger partial charge < -0.3 is 28.4 Å². The van der Waals surface area contributed by atoms with E-state index in [9.17, 15) is 0 Å². The highest BCUT2D eigenvalue weighted by molar-refractivity contribution is 7.23. The molecule has 0 amide bonds. The van der Waals surface area contributed by atoms with Crippen LogP contribution in [0.3, 0.4) is 0 Å². The minimum Gasteiger partial charge on any atom is -0.490 e. The summed E-state index contributed by atoms with van der Waals surface area (Å²) in [6.45, 7) is 17.5. The molecule has 0 saturated heterocycles. The summed E-state index contributed by atoms with van der Waals surface area (Å²) < 4.78 is 42.4. The van der Waals surface area contributed by atoms with E-state index in [0.717, 1.165) is 115 Å². The lowest BCUT2D eigenvalue weighted by molar-refractivity contribution is 0.234. The molecule has 0 radical (unpaired) electrons. The first-order valence-corrected chi connectivity index (χ1v) is 34.0. The number of fused-ring (bicyclic) bond motifs is 2. The Hall–Kier alpha value is -3.76. The van der Waals surface area contributed by atoms with Gasteiger partial charge in [0.25, 0.3) is 0 Å². The lowest BCUT2D eigenvalue weighted by Crippen LogP contribution is -2.06. The van der Waals surface area contributed by atoms with E-state index < -0.39 is 0 Å². The number of hydrogen-bond acceptors (Lipinski definition) is 10. The summed E-state index contributed by atoms with van der Waals surface area (Å²) in [6.07, 6.45) is 43.6. The lowest BCUT2D eigenvalue weighted by atomic mass is 10.1. The molecule has 0 atom stereocenters. The third-order valence-electron chi connectivity index (χ3n) is 14.9. The monoisotopic (exact) mass is 1110 g/mol. The van der Waals surface area contributed by atoms with Crippen LogP contribution in [0.1, 0.15) is 273 Å². The Morgan fingerprint density at radius 2 is 0.487 bits per heavy atom. The summed E-state index contributed by atoms with van der Waals surface area (Å²) in [5, 5.41) is 1.88. The molecule has 438 valence electrons. The van der Waals surface area contributed by atoms with Crippen LogP contribution in [0.25, 0.3) is 41.6 Å². The van der Waals surface area contributed by atoms with Crippen LogP contribution >= 0.6 is 22.7 Å². The zero-order valence-corrected chi connectivity index (χ0v) is 52.0. The van der Waals surface area contributed by atoms with Gasteiger partial charge in [0.2, 0.25) is 11.5 Å². The van der Waals surface area contributed by atoms with E-state index in [2.05, 4.69) is 77.9 Å². The minimum absolute atomic E-state index is 0.650. The first-order valence-electron chi connectivity index (χ1n) is 32.4. The van der Waals surface area contributed by atoms with Gasteiger partial charge in [-0.3, -0.25) is 0 Å². The number of ether oxygens (including phenoxy) is 6. The second-order valence-corrected chi connectivity index (χ2v) is 24.2. The summed E-state index contributed by atoms with van der Waals surface area (Å²) in [7, 11) is 0. The van der Waals surface area contributed by atoms with Gasteiger partial charge in [-0.25, -0.2) is 9.97 Å². The maximum atomic E-state index is 6.70. The molecule has 5 rings (SSSR count). The molecule has 0 aliphatic rings. The number of thiazole rings is 2. The molecule has 0 saturated carbocycles. The average Bonchev–Trinajstić information content (AvgIpc) is 4.08. The van der Waals surface area contributed by atoms with Gasteiger partial charge in [0.05, 0.1) is 60.1 Å². The number of hydrogen-bond donors (Lipinski definition) is 0. The van der Waals surface area contributed by atoms with E-state index in [-0.39, 0.29) is 0 Å². The van der Waals surface area contributed by atoms with Gasteiger partial charge >= 0.3 is 0 Å². The summed E-state index contributed by atoms with van der Waals surface area (Å²) in [5.41, 5.74) is 3.93. The summed E-state index contributed by atoms with van der Waals surface area (Å²) >= 11 is 3.41.